The van der Waals surface area contributed by atoms with Gasteiger partial charge in [-0.05, 0) is 19.4 Å². The number of carbonyl (C=O) groups is 1. The van der Waals surface area contributed by atoms with Crippen LogP contribution in [0.25, 0.3) is 0 Å². The molecule has 0 unspecified atom stereocenters. The van der Waals surface area contributed by atoms with Crippen LogP contribution in [0.4, 0.5) is 0 Å². The molecule has 0 aromatic heterocycles. The molecule has 0 aromatic rings. The van der Waals surface area contributed by atoms with Gasteiger partial charge in [0.2, 0.25) is 5.91 Å². The number of rotatable bonds is 2. The number of nitrogens with zero attached hydrogens (tertiary/aromatic N) is 1. The van der Waals surface area contributed by atoms with Gasteiger partial charge in [-0.15, -0.1) is 0 Å². The minimum Gasteiger partial charge on any atom is -0.396 e. The van der Waals surface area contributed by atoms with Crippen molar-refractivity contribution in [2.75, 3.05) is 32.8 Å². The van der Waals surface area contributed by atoms with Gasteiger partial charge < -0.3 is 15.3 Å². The summed E-state index contributed by atoms with van der Waals surface area (Å²) >= 11 is 0. The molecule has 1 amide bonds. The zero-order chi connectivity index (χ0) is 9.97. The molecule has 2 aliphatic heterocycles. The van der Waals surface area contributed by atoms with Crippen LogP contribution in [-0.4, -0.2) is 48.7 Å². The maximum absolute atomic E-state index is 11.8. The molecule has 2 N–H and O–H groups in total. The lowest BCUT2D eigenvalue weighted by Gasteiger charge is -2.40. The van der Waals surface area contributed by atoms with Crippen LogP contribution < -0.4 is 5.32 Å². The maximum Gasteiger partial charge on any atom is 0.226 e. The first-order valence-corrected chi connectivity index (χ1v) is 5.41. The Bertz CT molecular complexity index is 208. The fraction of sp³-hybridized carbons (Fsp3) is 0.900. The third-order valence-electron chi connectivity index (χ3n) is 3.17. The summed E-state index contributed by atoms with van der Waals surface area (Å²) in [6, 6.07) is 0. The third-order valence-corrected chi connectivity index (χ3v) is 3.17. The summed E-state index contributed by atoms with van der Waals surface area (Å²) in [5.74, 6) is 0.792. The molecule has 0 aromatic carbocycles. The highest BCUT2D eigenvalue weighted by Gasteiger charge is 2.34. The fourth-order valence-electron chi connectivity index (χ4n) is 2.19. The lowest BCUT2D eigenvalue weighted by molar-refractivity contribution is -0.143. The normalized spacial score (nSPS) is 28.6. The number of hydrogen-bond donors (Lipinski definition) is 2. The standard InChI is InChI=1S/C10H18N2O2/c13-7-8-5-12(6-8)10(14)9-2-1-3-11-4-9/h8-9,11,13H,1-7H2/t9-/m0/s1. The number of piperidine rings is 1. The first kappa shape index (κ1) is 9.93. The second-order valence-corrected chi connectivity index (χ2v) is 4.34. The van der Waals surface area contributed by atoms with E-state index in [-0.39, 0.29) is 18.4 Å². The summed E-state index contributed by atoms with van der Waals surface area (Å²) in [4.78, 5) is 13.7. The van der Waals surface area contributed by atoms with Gasteiger partial charge in [-0.1, -0.05) is 0 Å². The van der Waals surface area contributed by atoms with Gasteiger partial charge in [0.05, 0.1) is 5.92 Å². The van der Waals surface area contributed by atoms with E-state index in [1.54, 1.807) is 0 Å². The van der Waals surface area contributed by atoms with Crippen LogP contribution in [-0.2, 0) is 4.79 Å². The van der Waals surface area contributed by atoms with Crippen molar-refractivity contribution in [2.45, 2.75) is 12.8 Å². The number of likely N-dealkylation sites (tertiary alicyclic amines) is 1. The van der Waals surface area contributed by atoms with E-state index in [1.807, 2.05) is 4.90 Å². The predicted molar refractivity (Wildman–Crippen MR) is 52.7 cm³/mol. The molecule has 4 heteroatoms. The zero-order valence-corrected chi connectivity index (χ0v) is 8.41. The minimum absolute atomic E-state index is 0.184. The van der Waals surface area contributed by atoms with E-state index in [0.717, 1.165) is 39.0 Å². The Balaban J connectivity index is 1.78. The molecule has 2 saturated heterocycles. The first-order chi connectivity index (χ1) is 6.81. The van der Waals surface area contributed by atoms with Gasteiger partial charge in [0.1, 0.15) is 0 Å². The topological polar surface area (TPSA) is 52.6 Å². The molecule has 2 rings (SSSR count). The summed E-state index contributed by atoms with van der Waals surface area (Å²) < 4.78 is 0. The van der Waals surface area contributed by atoms with E-state index in [9.17, 15) is 4.79 Å². The van der Waals surface area contributed by atoms with Crippen LogP contribution in [0.2, 0.25) is 0 Å². The number of carbonyl (C=O) groups excluding carboxylic acids is 1. The monoisotopic (exact) mass is 198 g/mol. The molecule has 2 fully saturated rings. The third kappa shape index (κ3) is 1.91. The highest BCUT2D eigenvalue weighted by Crippen LogP contribution is 2.20. The first-order valence-electron chi connectivity index (χ1n) is 5.41. The largest absolute Gasteiger partial charge is 0.396 e. The van der Waals surface area contributed by atoms with Gasteiger partial charge in [-0.2, -0.15) is 0 Å². The molecule has 0 bridgehead atoms. The average Bonchev–Trinajstić information content (AvgIpc) is 2.17. The van der Waals surface area contributed by atoms with E-state index in [0.29, 0.717) is 5.92 Å². The summed E-state index contributed by atoms with van der Waals surface area (Å²) in [6.45, 7) is 3.60. The van der Waals surface area contributed by atoms with Crippen LogP contribution >= 0.6 is 0 Å². The number of aliphatic hydroxyl groups is 1. The Labute approximate surface area is 84.3 Å². The summed E-state index contributed by atoms with van der Waals surface area (Å²) in [5.41, 5.74) is 0. The van der Waals surface area contributed by atoms with Crippen LogP contribution in [0, 0.1) is 11.8 Å². The summed E-state index contributed by atoms with van der Waals surface area (Å²) in [6.07, 6.45) is 2.12. The van der Waals surface area contributed by atoms with Crippen molar-refractivity contribution in [2.24, 2.45) is 11.8 Å². The van der Waals surface area contributed by atoms with E-state index in [4.69, 9.17) is 5.11 Å². The molecule has 2 heterocycles. The van der Waals surface area contributed by atoms with Crippen molar-refractivity contribution in [1.82, 2.24) is 10.2 Å². The van der Waals surface area contributed by atoms with Crippen molar-refractivity contribution in [1.29, 1.82) is 0 Å². The average molecular weight is 198 g/mol. The van der Waals surface area contributed by atoms with Gasteiger partial charge in [-0.25, -0.2) is 0 Å². The van der Waals surface area contributed by atoms with E-state index < -0.39 is 0 Å². The van der Waals surface area contributed by atoms with Gasteiger partial charge in [0.25, 0.3) is 0 Å². The molecule has 2 aliphatic rings. The Hall–Kier alpha value is -0.610. The molecule has 0 saturated carbocycles. The van der Waals surface area contributed by atoms with Crippen LogP contribution in [0.1, 0.15) is 12.8 Å². The number of nitrogens with one attached hydrogen (secondary N) is 1. The molecule has 1 atom stereocenters. The minimum atomic E-state index is 0.184. The molecular formula is C10H18N2O2. The van der Waals surface area contributed by atoms with Crippen molar-refractivity contribution >= 4 is 5.91 Å². The molecule has 4 nitrogen and oxygen atoms in total. The number of hydrogen-bond acceptors (Lipinski definition) is 3. The lowest BCUT2D eigenvalue weighted by atomic mass is 9.94. The summed E-state index contributed by atoms with van der Waals surface area (Å²) in [5, 5.41) is 12.1. The van der Waals surface area contributed by atoms with E-state index in [1.165, 1.54) is 0 Å². The van der Waals surface area contributed by atoms with Gasteiger partial charge >= 0.3 is 0 Å². The quantitative estimate of drug-likeness (QED) is 0.625. The van der Waals surface area contributed by atoms with Crippen LogP contribution in [0.5, 0.6) is 0 Å². The Morgan fingerprint density at radius 3 is 2.86 bits per heavy atom. The SMILES string of the molecule is O=C([C@H]1CCCNC1)N1CC(CO)C1. The van der Waals surface area contributed by atoms with E-state index in [2.05, 4.69) is 5.32 Å². The Morgan fingerprint density at radius 2 is 2.29 bits per heavy atom. The van der Waals surface area contributed by atoms with Gasteiger partial charge in [0, 0.05) is 32.2 Å². The van der Waals surface area contributed by atoms with Crippen molar-refractivity contribution in [3.63, 3.8) is 0 Å². The van der Waals surface area contributed by atoms with Gasteiger partial charge in [-0.3, -0.25) is 4.79 Å². The van der Waals surface area contributed by atoms with E-state index >= 15 is 0 Å². The Kier molecular flexibility index (Phi) is 3.03. The van der Waals surface area contributed by atoms with Crippen molar-refractivity contribution in [3.8, 4) is 0 Å². The fourth-order valence-corrected chi connectivity index (χ4v) is 2.19. The zero-order valence-electron chi connectivity index (χ0n) is 8.41. The molecule has 14 heavy (non-hydrogen) atoms. The molecule has 0 spiro atoms. The highest BCUT2D eigenvalue weighted by atomic mass is 16.3. The molecular weight excluding hydrogens is 180 g/mol. The van der Waals surface area contributed by atoms with Crippen LogP contribution in [0.3, 0.4) is 0 Å². The van der Waals surface area contributed by atoms with Gasteiger partial charge in [0.15, 0.2) is 0 Å². The number of amides is 1. The predicted octanol–water partition coefficient (Wildman–Crippen LogP) is -0.563. The highest BCUT2D eigenvalue weighted by molar-refractivity contribution is 5.80. The van der Waals surface area contributed by atoms with Crippen LogP contribution in [0.15, 0.2) is 0 Å². The maximum atomic E-state index is 11.8. The second-order valence-electron chi connectivity index (χ2n) is 4.34. The molecule has 0 radical (unpaired) electrons. The number of aliphatic hydroxyl groups excluding tert-OH is 1. The smallest absolute Gasteiger partial charge is 0.226 e. The van der Waals surface area contributed by atoms with Crippen molar-refractivity contribution < 1.29 is 9.90 Å². The summed E-state index contributed by atoms with van der Waals surface area (Å²) in [7, 11) is 0. The second kappa shape index (κ2) is 4.28. The lowest BCUT2D eigenvalue weighted by Crippen LogP contribution is -2.54. The Morgan fingerprint density at radius 1 is 1.50 bits per heavy atom. The molecule has 80 valence electrons. The molecule has 0 aliphatic carbocycles. The van der Waals surface area contributed by atoms with Crippen molar-refractivity contribution in [3.05, 3.63) is 0 Å².